The molecule has 0 bridgehead atoms. The highest BCUT2D eigenvalue weighted by molar-refractivity contribution is 7.19. The van der Waals surface area contributed by atoms with Crippen LogP contribution in [0.3, 0.4) is 0 Å². The molecule has 3 N–H and O–H groups in total. The van der Waals surface area contributed by atoms with Crippen LogP contribution >= 0.6 is 22.7 Å². The third-order valence-electron chi connectivity index (χ3n) is 3.31. The van der Waals surface area contributed by atoms with E-state index in [1.165, 1.54) is 11.3 Å². The van der Waals surface area contributed by atoms with E-state index in [9.17, 15) is 9.90 Å². The van der Waals surface area contributed by atoms with E-state index in [-0.39, 0.29) is 12.6 Å². The second-order valence-corrected chi connectivity index (χ2v) is 7.24. The molecule has 0 aliphatic heterocycles. The molecule has 0 saturated heterocycles. The van der Waals surface area contributed by atoms with Gasteiger partial charge in [0.2, 0.25) is 0 Å². The predicted octanol–water partition coefficient (Wildman–Crippen LogP) is 3.99. The maximum absolute atomic E-state index is 11.8. The monoisotopic (exact) mass is 332 g/mol. The highest BCUT2D eigenvalue weighted by Crippen LogP contribution is 2.32. The van der Waals surface area contributed by atoms with Crippen LogP contribution in [0.5, 0.6) is 0 Å². The van der Waals surface area contributed by atoms with Crippen LogP contribution in [-0.2, 0) is 5.60 Å². The molecule has 0 aliphatic carbocycles. The number of benzene rings is 1. The molecule has 0 aliphatic rings. The first kappa shape index (κ1) is 15.0. The zero-order chi connectivity index (χ0) is 15.6. The molecule has 22 heavy (non-hydrogen) atoms. The van der Waals surface area contributed by atoms with E-state index in [4.69, 9.17) is 0 Å². The summed E-state index contributed by atoms with van der Waals surface area (Å²) in [6, 6.07) is 13.3. The van der Waals surface area contributed by atoms with Crippen molar-refractivity contribution in [2.75, 3.05) is 11.9 Å². The van der Waals surface area contributed by atoms with Crippen LogP contribution in [0, 0.1) is 0 Å². The maximum atomic E-state index is 11.8. The highest BCUT2D eigenvalue weighted by Gasteiger charge is 2.26. The lowest BCUT2D eigenvalue weighted by Gasteiger charge is -2.22. The minimum Gasteiger partial charge on any atom is -0.383 e. The second-order valence-electron chi connectivity index (χ2n) is 5.21. The fourth-order valence-electron chi connectivity index (χ4n) is 2.09. The van der Waals surface area contributed by atoms with Gasteiger partial charge < -0.3 is 10.4 Å². The van der Waals surface area contributed by atoms with Crippen molar-refractivity contribution in [1.29, 1.82) is 0 Å². The number of fused-ring (bicyclic) bond motifs is 1. The van der Waals surface area contributed by atoms with Crippen LogP contribution in [0.2, 0.25) is 0 Å². The summed E-state index contributed by atoms with van der Waals surface area (Å²) in [6.45, 7) is 1.86. The molecule has 3 rings (SSSR count). The van der Waals surface area contributed by atoms with Gasteiger partial charge in [-0.15, -0.1) is 22.7 Å². The van der Waals surface area contributed by atoms with E-state index in [0.29, 0.717) is 0 Å². The van der Waals surface area contributed by atoms with Crippen molar-refractivity contribution in [2.45, 2.75) is 12.5 Å². The van der Waals surface area contributed by atoms with Gasteiger partial charge in [0.15, 0.2) is 0 Å². The number of anilines is 1. The summed E-state index contributed by atoms with van der Waals surface area (Å²) < 4.78 is 1.13. The van der Waals surface area contributed by atoms with Crippen LogP contribution in [0.15, 0.2) is 47.8 Å². The molecule has 0 radical (unpaired) electrons. The summed E-state index contributed by atoms with van der Waals surface area (Å²) in [5.74, 6) is 0. The second kappa shape index (κ2) is 6.08. The lowest BCUT2D eigenvalue weighted by Crippen LogP contribution is -2.40. The molecule has 114 valence electrons. The molecule has 1 atom stereocenters. The van der Waals surface area contributed by atoms with Gasteiger partial charge in [0.1, 0.15) is 5.60 Å². The number of nitrogens with one attached hydrogen (secondary N) is 2. The van der Waals surface area contributed by atoms with Gasteiger partial charge >= 0.3 is 6.03 Å². The van der Waals surface area contributed by atoms with E-state index in [1.54, 1.807) is 18.3 Å². The van der Waals surface area contributed by atoms with Gasteiger partial charge in [0.25, 0.3) is 0 Å². The van der Waals surface area contributed by atoms with Crippen LogP contribution in [0.25, 0.3) is 10.1 Å². The van der Waals surface area contributed by atoms with Crippen molar-refractivity contribution in [3.63, 3.8) is 0 Å². The molecule has 0 saturated carbocycles. The Kier molecular flexibility index (Phi) is 4.15. The van der Waals surface area contributed by atoms with E-state index >= 15 is 0 Å². The molecule has 3 aromatic rings. The van der Waals surface area contributed by atoms with Gasteiger partial charge in [0, 0.05) is 9.58 Å². The summed E-state index contributed by atoms with van der Waals surface area (Å²) in [4.78, 5) is 12.7. The van der Waals surface area contributed by atoms with Crippen LogP contribution in [0.4, 0.5) is 9.80 Å². The number of rotatable bonds is 4. The molecule has 1 aromatic carbocycles. The summed E-state index contributed by atoms with van der Waals surface area (Å²) in [5, 5.41) is 19.9. The Morgan fingerprint density at radius 3 is 2.82 bits per heavy atom. The van der Waals surface area contributed by atoms with Crippen molar-refractivity contribution in [1.82, 2.24) is 5.32 Å². The molecule has 2 aromatic heterocycles. The summed E-state index contributed by atoms with van der Waals surface area (Å²) >= 11 is 2.99. The van der Waals surface area contributed by atoms with Crippen molar-refractivity contribution >= 4 is 43.8 Å². The van der Waals surface area contributed by atoms with Gasteiger partial charge in [-0.05, 0) is 42.0 Å². The molecular weight excluding hydrogens is 316 g/mol. The van der Waals surface area contributed by atoms with E-state index < -0.39 is 5.60 Å². The molecule has 0 unspecified atom stereocenters. The number of hydrogen-bond acceptors (Lipinski definition) is 4. The van der Waals surface area contributed by atoms with Gasteiger partial charge in [-0.1, -0.05) is 18.2 Å². The lowest BCUT2D eigenvalue weighted by atomic mass is 10.0. The molecule has 0 spiro atoms. The number of thiophene rings is 2. The first-order valence-electron chi connectivity index (χ1n) is 6.84. The Bertz CT molecular complexity index is 745. The summed E-state index contributed by atoms with van der Waals surface area (Å²) in [5.41, 5.74) is -1.10. The fourth-order valence-corrected chi connectivity index (χ4v) is 3.81. The Labute approximate surface area is 136 Å². The number of carbonyl (C=O) groups is 1. The third kappa shape index (κ3) is 3.30. The number of amides is 2. The van der Waals surface area contributed by atoms with Crippen molar-refractivity contribution in [3.8, 4) is 0 Å². The third-order valence-corrected chi connectivity index (χ3v) is 5.46. The maximum Gasteiger partial charge on any atom is 0.319 e. The Morgan fingerprint density at radius 1 is 1.27 bits per heavy atom. The molecule has 0 fully saturated rings. The van der Waals surface area contributed by atoms with E-state index in [1.807, 2.05) is 47.8 Å². The SMILES string of the molecule is C[C@@](O)(CNC(=O)Nc1cccs1)c1cc2ccccc2s1. The number of aliphatic hydroxyl groups is 1. The number of urea groups is 1. The van der Waals surface area contributed by atoms with Gasteiger partial charge in [-0.3, -0.25) is 5.32 Å². The Balaban J connectivity index is 1.66. The van der Waals surface area contributed by atoms with Crippen molar-refractivity contribution < 1.29 is 9.90 Å². The topological polar surface area (TPSA) is 61.4 Å². The standard InChI is InChI=1S/C16H16N2O2S2/c1-16(20,10-17-15(19)18-14-7-4-8-21-14)13-9-11-5-2-3-6-12(11)22-13/h2-9,20H,10H2,1H3,(H2,17,18,19)/t16-/m1/s1. The molecule has 2 heterocycles. The number of hydrogen-bond donors (Lipinski definition) is 3. The number of carbonyl (C=O) groups excluding carboxylic acids is 1. The normalized spacial score (nSPS) is 13.7. The molecular formula is C16H16N2O2S2. The molecule has 2 amide bonds. The first-order chi connectivity index (χ1) is 10.5. The van der Waals surface area contributed by atoms with E-state index in [0.717, 1.165) is 20.0 Å². The van der Waals surface area contributed by atoms with Gasteiger partial charge in [0.05, 0.1) is 11.5 Å². The predicted molar refractivity (Wildman–Crippen MR) is 92.7 cm³/mol. The first-order valence-corrected chi connectivity index (χ1v) is 8.54. The van der Waals surface area contributed by atoms with Crippen molar-refractivity contribution in [3.05, 3.63) is 52.7 Å². The molecule has 6 heteroatoms. The molecule has 4 nitrogen and oxygen atoms in total. The smallest absolute Gasteiger partial charge is 0.319 e. The lowest BCUT2D eigenvalue weighted by molar-refractivity contribution is 0.0638. The van der Waals surface area contributed by atoms with Crippen molar-refractivity contribution in [2.24, 2.45) is 0 Å². The zero-order valence-corrected chi connectivity index (χ0v) is 13.6. The Morgan fingerprint density at radius 2 is 2.09 bits per heavy atom. The quantitative estimate of drug-likeness (QED) is 0.676. The zero-order valence-electron chi connectivity index (χ0n) is 12.0. The summed E-state index contributed by atoms with van der Waals surface area (Å²) in [7, 11) is 0. The highest BCUT2D eigenvalue weighted by atomic mass is 32.1. The van der Waals surface area contributed by atoms with E-state index in [2.05, 4.69) is 10.6 Å². The average Bonchev–Trinajstić information content (AvgIpc) is 3.14. The fraction of sp³-hybridized carbons (Fsp3) is 0.188. The van der Waals surface area contributed by atoms with Crippen LogP contribution in [0.1, 0.15) is 11.8 Å². The summed E-state index contributed by atoms with van der Waals surface area (Å²) in [6.07, 6.45) is 0. The van der Waals surface area contributed by atoms with Gasteiger partial charge in [-0.2, -0.15) is 0 Å². The largest absolute Gasteiger partial charge is 0.383 e. The van der Waals surface area contributed by atoms with Gasteiger partial charge in [-0.25, -0.2) is 4.79 Å². The minimum absolute atomic E-state index is 0.150. The van der Waals surface area contributed by atoms with Crippen LogP contribution in [-0.4, -0.2) is 17.7 Å². The minimum atomic E-state index is -1.10. The Hall–Kier alpha value is -1.89. The average molecular weight is 332 g/mol. The van der Waals surface area contributed by atoms with Crippen LogP contribution < -0.4 is 10.6 Å².